The van der Waals surface area contributed by atoms with Crippen LogP contribution < -0.4 is 5.73 Å². The molecule has 20 heavy (non-hydrogen) atoms. The summed E-state index contributed by atoms with van der Waals surface area (Å²) >= 11 is 0. The third kappa shape index (κ3) is 3.22. The number of hydrogen-bond acceptors (Lipinski definition) is 3. The predicted octanol–water partition coefficient (Wildman–Crippen LogP) is 2.20. The molecule has 1 aromatic rings. The van der Waals surface area contributed by atoms with Crippen LogP contribution in [-0.2, 0) is 0 Å². The number of hydrogen-bond donors (Lipinski definition) is 1. The average Bonchev–Trinajstić information content (AvgIpc) is 3.29. The molecule has 2 aliphatic rings. The Morgan fingerprint density at radius 1 is 1.20 bits per heavy atom. The summed E-state index contributed by atoms with van der Waals surface area (Å²) < 4.78 is 0. The molecule has 1 aromatic carbocycles. The largest absolute Gasteiger partial charge is 0.329 e. The number of benzene rings is 1. The SMILES string of the molecule is CN1CCCN(C(CN)c2cccc(C3CC3)c2)CC1. The van der Waals surface area contributed by atoms with Gasteiger partial charge in [-0.05, 0) is 49.9 Å². The Kier molecular flexibility index (Phi) is 4.39. The molecule has 1 aliphatic heterocycles. The first-order valence-corrected chi connectivity index (χ1v) is 8.00. The van der Waals surface area contributed by atoms with Crippen LogP contribution in [0.4, 0.5) is 0 Å². The predicted molar refractivity (Wildman–Crippen MR) is 83.9 cm³/mol. The van der Waals surface area contributed by atoms with Gasteiger partial charge in [0.1, 0.15) is 0 Å². The Labute approximate surface area is 122 Å². The van der Waals surface area contributed by atoms with E-state index in [1.165, 1.54) is 43.5 Å². The highest BCUT2D eigenvalue weighted by Gasteiger charge is 2.26. The number of rotatable bonds is 4. The van der Waals surface area contributed by atoms with E-state index in [0.29, 0.717) is 6.04 Å². The van der Waals surface area contributed by atoms with Gasteiger partial charge in [0.2, 0.25) is 0 Å². The fourth-order valence-corrected chi connectivity index (χ4v) is 3.31. The van der Waals surface area contributed by atoms with E-state index in [1.54, 1.807) is 0 Å². The molecule has 110 valence electrons. The normalized spacial score (nSPS) is 23.5. The molecule has 3 heteroatoms. The van der Waals surface area contributed by atoms with Crippen LogP contribution in [0.3, 0.4) is 0 Å². The van der Waals surface area contributed by atoms with Crippen molar-refractivity contribution in [2.75, 3.05) is 39.8 Å². The number of nitrogens with two attached hydrogens (primary N) is 1. The molecular formula is C17H27N3. The van der Waals surface area contributed by atoms with Gasteiger partial charge in [0, 0.05) is 32.2 Å². The molecule has 1 aliphatic carbocycles. The molecule has 1 unspecified atom stereocenters. The average molecular weight is 273 g/mol. The van der Waals surface area contributed by atoms with E-state index in [4.69, 9.17) is 5.73 Å². The molecule has 0 amide bonds. The van der Waals surface area contributed by atoms with Crippen molar-refractivity contribution in [3.63, 3.8) is 0 Å². The van der Waals surface area contributed by atoms with E-state index in [1.807, 2.05) is 0 Å². The van der Waals surface area contributed by atoms with Crippen LogP contribution in [0.15, 0.2) is 24.3 Å². The quantitative estimate of drug-likeness (QED) is 0.913. The minimum Gasteiger partial charge on any atom is -0.329 e. The van der Waals surface area contributed by atoms with Crippen LogP contribution in [-0.4, -0.2) is 49.6 Å². The molecule has 2 N–H and O–H groups in total. The zero-order valence-corrected chi connectivity index (χ0v) is 12.6. The smallest absolute Gasteiger partial charge is 0.0471 e. The summed E-state index contributed by atoms with van der Waals surface area (Å²) in [5, 5.41) is 0. The summed E-state index contributed by atoms with van der Waals surface area (Å²) in [6.45, 7) is 5.37. The lowest BCUT2D eigenvalue weighted by atomic mass is 10.0. The molecule has 0 spiro atoms. The first-order valence-electron chi connectivity index (χ1n) is 8.00. The van der Waals surface area contributed by atoms with Gasteiger partial charge >= 0.3 is 0 Å². The van der Waals surface area contributed by atoms with Crippen LogP contribution in [0.2, 0.25) is 0 Å². The zero-order chi connectivity index (χ0) is 13.9. The lowest BCUT2D eigenvalue weighted by Gasteiger charge is -2.30. The molecular weight excluding hydrogens is 246 g/mol. The summed E-state index contributed by atoms with van der Waals surface area (Å²) in [6, 6.07) is 9.56. The van der Waals surface area contributed by atoms with E-state index >= 15 is 0 Å². The fourth-order valence-electron chi connectivity index (χ4n) is 3.31. The van der Waals surface area contributed by atoms with E-state index in [-0.39, 0.29) is 0 Å². The summed E-state index contributed by atoms with van der Waals surface area (Å²) in [5.41, 5.74) is 9.05. The molecule has 1 saturated heterocycles. The van der Waals surface area contributed by atoms with Gasteiger partial charge in [0.05, 0.1) is 0 Å². The Morgan fingerprint density at radius 2 is 2.05 bits per heavy atom. The maximum atomic E-state index is 6.11. The Balaban J connectivity index is 1.76. The molecule has 3 rings (SSSR count). The van der Waals surface area contributed by atoms with Crippen molar-refractivity contribution in [1.82, 2.24) is 9.80 Å². The lowest BCUT2D eigenvalue weighted by molar-refractivity contribution is 0.208. The standard InChI is InChI=1S/C17H27N3/c1-19-8-3-9-20(11-10-19)17(13-18)16-5-2-4-15(12-16)14-6-7-14/h2,4-5,12,14,17H,3,6-11,13,18H2,1H3. The van der Waals surface area contributed by atoms with E-state index < -0.39 is 0 Å². The van der Waals surface area contributed by atoms with Crippen molar-refractivity contribution in [2.45, 2.75) is 31.2 Å². The zero-order valence-electron chi connectivity index (χ0n) is 12.6. The molecule has 0 radical (unpaired) electrons. The van der Waals surface area contributed by atoms with Crippen molar-refractivity contribution in [3.05, 3.63) is 35.4 Å². The first-order chi connectivity index (χ1) is 9.78. The molecule has 1 saturated carbocycles. The Hall–Kier alpha value is -0.900. The van der Waals surface area contributed by atoms with Gasteiger partial charge in [-0.15, -0.1) is 0 Å². The topological polar surface area (TPSA) is 32.5 Å². The number of nitrogens with zero attached hydrogens (tertiary/aromatic N) is 2. The maximum absolute atomic E-state index is 6.11. The summed E-state index contributed by atoms with van der Waals surface area (Å²) in [5.74, 6) is 0.823. The van der Waals surface area contributed by atoms with Crippen molar-refractivity contribution in [2.24, 2.45) is 5.73 Å². The minimum atomic E-state index is 0.389. The van der Waals surface area contributed by atoms with E-state index in [0.717, 1.165) is 25.6 Å². The summed E-state index contributed by atoms with van der Waals surface area (Å²) in [4.78, 5) is 5.00. The second-order valence-corrected chi connectivity index (χ2v) is 6.39. The van der Waals surface area contributed by atoms with Crippen molar-refractivity contribution >= 4 is 0 Å². The van der Waals surface area contributed by atoms with Gasteiger partial charge in [-0.1, -0.05) is 24.3 Å². The van der Waals surface area contributed by atoms with Gasteiger partial charge in [0.25, 0.3) is 0 Å². The Morgan fingerprint density at radius 3 is 2.80 bits per heavy atom. The summed E-state index contributed by atoms with van der Waals surface area (Å²) in [7, 11) is 2.22. The highest BCUT2D eigenvalue weighted by molar-refractivity contribution is 5.31. The molecule has 1 atom stereocenters. The van der Waals surface area contributed by atoms with E-state index in [9.17, 15) is 0 Å². The second kappa shape index (κ2) is 6.25. The third-order valence-electron chi connectivity index (χ3n) is 4.76. The highest BCUT2D eigenvalue weighted by Crippen LogP contribution is 2.40. The number of likely N-dealkylation sites (N-methyl/N-ethyl adjacent to an activating group) is 1. The van der Waals surface area contributed by atoms with Gasteiger partial charge in [0.15, 0.2) is 0 Å². The van der Waals surface area contributed by atoms with E-state index in [2.05, 4.69) is 41.1 Å². The van der Waals surface area contributed by atoms with Crippen molar-refractivity contribution in [3.8, 4) is 0 Å². The van der Waals surface area contributed by atoms with Crippen LogP contribution in [0.25, 0.3) is 0 Å². The van der Waals surface area contributed by atoms with Crippen LogP contribution >= 0.6 is 0 Å². The maximum Gasteiger partial charge on any atom is 0.0471 e. The van der Waals surface area contributed by atoms with Crippen molar-refractivity contribution < 1.29 is 0 Å². The molecule has 2 fully saturated rings. The van der Waals surface area contributed by atoms with Crippen LogP contribution in [0.5, 0.6) is 0 Å². The minimum absolute atomic E-state index is 0.389. The highest BCUT2D eigenvalue weighted by atomic mass is 15.2. The van der Waals surface area contributed by atoms with Crippen LogP contribution in [0.1, 0.15) is 42.3 Å². The molecule has 1 heterocycles. The van der Waals surface area contributed by atoms with Gasteiger partial charge < -0.3 is 10.6 Å². The van der Waals surface area contributed by atoms with Crippen molar-refractivity contribution in [1.29, 1.82) is 0 Å². The monoisotopic (exact) mass is 273 g/mol. The molecule has 0 bridgehead atoms. The lowest BCUT2D eigenvalue weighted by Crippen LogP contribution is -2.36. The summed E-state index contributed by atoms with van der Waals surface area (Å²) in [6.07, 6.45) is 3.98. The van der Waals surface area contributed by atoms with Crippen LogP contribution in [0, 0.1) is 0 Å². The van der Waals surface area contributed by atoms with Gasteiger partial charge in [-0.3, -0.25) is 4.90 Å². The molecule has 0 aromatic heterocycles. The second-order valence-electron chi connectivity index (χ2n) is 6.39. The van der Waals surface area contributed by atoms with Gasteiger partial charge in [-0.2, -0.15) is 0 Å². The first kappa shape index (κ1) is 14.1. The third-order valence-corrected chi connectivity index (χ3v) is 4.76. The van der Waals surface area contributed by atoms with Gasteiger partial charge in [-0.25, -0.2) is 0 Å². The fraction of sp³-hybridized carbons (Fsp3) is 0.647. The Bertz CT molecular complexity index is 442. The molecule has 3 nitrogen and oxygen atoms in total.